The van der Waals surface area contributed by atoms with Crippen molar-refractivity contribution in [1.29, 1.82) is 0 Å². The van der Waals surface area contributed by atoms with Gasteiger partial charge in [0.05, 0.1) is 13.4 Å². The minimum absolute atomic E-state index is 0.194. The van der Waals surface area contributed by atoms with Gasteiger partial charge < -0.3 is 10.1 Å². The molecule has 130 valence electrons. The summed E-state index contributed by atoms with van der Waals surface area (Å²) in [5.74, 6) is -0.194. The van der Waals surface area contributed by atoms with Gasteiger partial charge in [-0.15, -0.1) is 0 Å². The molecule has 0 fully saturated rings. The Morgan fingerprint density at radius 1 is 0.885 bits per heavy atom. The molecule has 3 aromatic rings. The maximum atomic E-state index is 12.8. The molecule has 0 spiro atoms. The van der Waals surface area contributed by atoms with E-state index in [9.17, 15) is 4.79 Å². The zero-order valence-corrected chi connectivity index (χ0v) is 15.0. The van der Waals surface area contributed by atoms with Crippen molar-refractivity contribution in [2.24, 2.45) is 0 Å². The Morgan fingerprint density at radius 2 is 1.50 bits per heavy atom. The second kappa shape index (κ2) is 8.37. The van der Waals surface area contributed by atoms with Gasteiger partial charge in [0.2, 0.25) is 0 Å². The number of amides is 1. The highest BCUT2D eigenvalue weighted by Gasteiger charge is 2.16. The van der Waals surface area contributed by atoms with Crippen LogP contribution in [0.2, 0.25) is 5.02 Å². The van der Waals surface area contributed by atoms with Crippen molar-refractivity contribution < 1.29 is 9.53 Å². The number of carbonyl (C=O) groups is 1. The molecule has 1 N–H and O–H groups in total. The average molecular weight is 364 g/mol. The molecule has 0 radical (unpaired) electrons. The molecule has 26 heavy (non-hydrogen) atoms. The zero-order valence-electron chi connectivity index (χ0n) is 14.3. The predicted molar refractivity (Wildman–Crippen MR) is 106 cm³/mol. The van der Waals surface area contributed by atoms with Crippen molar-refractivity contribution in [3.05, 3.63) is 107 Å². The second-order valence-electron chi connectivity index (χ2n) is 5.64. The van der Waals surface area contributed by atoms with Crippen molar-refractivity contribution in [3.8, 4) is 0 Å². The number of hydrogen-bond donors (Lipinski definition) is 1. The van der Waals surface area contributed by atoms with Gasteiger partial charge in [0, 0.05) is 21.8 Å². The predicted octanol–water partition coefficient (Wildman–Crippen LogP) is 5.63. The SMILES string of the molecule is CO/C=C(\c1ccccc1)c1ccccc1C(=O)Nc1ccc(Cl)cc1. The Kier molecular flexibility index (Phi) is 5.72. The van der Waals surface area contributed by atoms with Crippen LogP contribution in [0.3, 0.4) is 0 Å². The van der Waals surface area contributed by atoms with E-state index in [4.69, 9.17) is 16.3 Å². The lowest BCUT2D eigenvalue weighted by atomic mass is 9.94. The van der Waals surface area contributed by atoms with E-state index < -0.39 is 0 Å². The van der Waals surface area contributed by atoms with Crippen LogP contribution in [0.4, 0.5) is 5.69 Å². The summed E-state index contributed by atoms with van der Waals surface area (Å²) in [6, 6.07) is 24.3. The van der Waals surface area contributed by atoms with Crippen LogP contribution in [-0.2, 0) is 4.74 Å². The topological polar surface area (TPSA) is 38.3 Å². The van der Waals surface area contributed by atoms with Crippen molar-refractivity contribution in [3.63, 3.8) is 0 Å². The molecule has 0 saturated heterocycles. The first-order valence-electron chi connectivity index (χ1n) is 8.14. The van der Waals surface area contributed by atoms with Gasteiger partial charge in [-0.1, -0.05) is 60.1 Å². The van der Waals surface area contributed by atoms with Gasteiger partial charge >= 0.3 is 0 Å². The lowest BCUT2D eigenvalue weighted by Gasteiger charge is -2.13. The second-order valence-corrected chi connectivity index (χ2v) is 6.08. The van der Waals surface area contributed by atoms with Gasteiger partial charge in [0.25, 0.3) is 5.91 Å². The van der Waals surface area contributed by atoms with Crippen LogP contribution >= 0.6 is 11.6 Å². The third kappa shape index (κ3) is 4.13. The van der Waals surface area contributed by atoms with E-state index in [1.165, 1.54) is 0 Å². The third-order valence-corrected chi connectivity index (χ3v) is 4.14. The fourth-order valence-corrected chi connectivity index (χ4v) is 2.80. The van der Waals surface area contributed by atoms with E-state index in [0.717, 1.165) is 16.7 Å². The monoisotopic (exact) mass is 363 g/mol. The standard InChI is InChI=1S/C22H18ClNO2/c1-26-15-21(16-7-3-2-4-8-16)19-9-5-6-10-20(19)22(25)24-18-13-11-17(23)12-14-18/h2-15H,1H3,(H,24,25)/b21-15+. The van der Waals surface area contributed by atoms with E-state index >= 15 is 0 Å². The van der Waals surface area contributed by atoms with Crippen LogP contribution < -0.4 is 5.32 Å². The summed E-state index contributed by atoms with van der Waals surface area (Å²) in [5, 5.41) is 3.53. The molecule has 3 rings (SSSR count). The number of anilines is 1. The number of rotatable bonds is 5. The van der Waals surface area contributed by atoms with Crippen LogP contribution in [0.5, 0.6) is 0 Å². The van der Waals surface area contributed by atoms with Crippen LogP contribution in [0.1, 0.15) is 21.5 Å². The van der Waals surface area contributed by atoms with Crippen molar-refractivity contribution in [2.45, 2.75) is 0 Å². The van der Waals surface area contributed by atoms with Crippen LogP contribution in [0.15, 0.2) is 85.1 Å². The molecule has 0 aliphatic rings. The molecule has 0 unspecified atom stereocenters. The first kappa shape index (κ1) is 17.8. The van der Waals surface area contributed by atoms with Gasteiger partial charge in [-0.25, -0.2) is 0 Å². The maximum Gasteiger partial charge on any atom is 0.256 e. The minimum atomic E-state index is -0.194. The molecule has 0 heterocycles. The summed E-state index contributed by atoms with van der Waals surface area (Å²) in [5.41, 5.74) is 3.86. The minimum Gasteiger partial charge on any atom is -0.504 e. The summed E-state index contributed by atoms with van der Waals surface area (Å²) in [4.78, 5) is 12.8. The number of carbonyl (C=O) groups excluding carboxylic acids is 1. The molecule has 1 amide bonds. The molecule has 3 nitrogen and oxygen atoms in total. The van der Waals surface area contributed by atoms with E-state index in [2.05, 4.69) is 5.32 Å². The Bertz CT molecular complexity index is 918. The number of nitrogens with one attached hydrogen (secondary N) is 1. The molecule has 3 aromatic carbocycles. The smallest absolute Gasteiger partial charge is 0.256 e. The first-order valence-corrected chi connectivity index (χ1v) is 8.51. The van der Waals surface area contributed by atoms with Gasteiger partial charge in [0.15, 0.2) is 0 Å². The Morgan fingerprint density at radius 3 is 2.15 bits per heavy atom. The Hall–Kier alpha value is -3.04. The molecule has 0 aliphatic carbocycles. The Labute approximate surface area is 157 Å². The number of ether oxygens (including phenoxy) is 1. The van der Waals surface area contributed by atoms with Crippen LogP contribution in [0.25, 0.3) is 5.57 Å². The summed E-state index contributed by atoms with van der Waals surface area (Å²) in [6.45, 7) is 0. The number of methoxy groups -OCH3 is 1. The van der Waals surface area contributed by atoms with Crippen molar-refractivity contribution in [2.75, 3.05) is 12.4 Å². The molecule has 0 aliphatic heterocycles. The quantitative estimate of drug-likeness (QED) is 0.597. The van der Waals surface area contributed by atoms with Crippen molar-refractivity contribution in [1.82, 2.24) is 0 Å². The maximum absolute atomic E-state index is 12.8. The molecule has 0 saturated carbocycles. The lowest BCUT2D eigenvalue weighted by molar-refractivity contribution is 0.102. The number of benzene rings is 3. The van der Waals surface area contributed by atoms with E-state index in [0.29, 0.717) is 16.3 Å². The van der Waals surface area contributed by atoms with Gasteiger partial charge in [0.1, 0.15) is 0 Å². The van der Waals surface area contributed by atoms with E-state index in [1.54, 1.807) is 43.7 Å². The molecule has 0 aromatic heterocycles. The fourth-order valence-electron chi connectivity index (χ4n) is 2.67. The summed E-state index contributed by atoms with van der Waals surface area (Å²) >= 11 is 5.90. The summed E-state index contributed by atoms with van der Waals surface area (Å²) in [7, 11) is 1.60. The molecule has 0 bridgehead atoms. The number of hydrogen-bond acceptors (Lipinski definition) is 2. The normalized spacial score (nSPS) is 11.1. The highest BCUT2D eigenvalue weighted by atomic mass is 35.5. The van der Waals surface area contributed by atoms with Gasteiger partial charge in [-0.3, -0.25) is 4.79 Å². The molecular weight excluding hydrogens is 346 g/mol. The Balaban J connectivity index is 1.98. The largest absolute Gasteiger partial charge is 0.504 e. The van der Waals surface area contributed by atoms with E-state index in [-0.39, 0.29) is 5.91 Å². The first-order chi connectivity index (χ1) is 12.7. The van der Waals surface area contributed by atoms with Crippen LogP contribution in [-0.4, -0.2) is 13.0 Å². The molecule has 0 atom stereocenters. The van der Waals surface area contributed by atoms with Crippen LogP contribution in [0, 0.1) is 0 Å². The highest BCUT2D eigenvalue weighted by molar-refractivity contribution is 6.30. The highest BCUT2D eigenvalue weighted by Crippen LogP contribution is 2.27. The molecule has 4 heteroatoms. The summed E-state index contributed by atoms with van der Waals surface area (Å²) in [6.07, 6.45) is 1.66. The van der Waals surface area contributed by atoms with E-state index in [1.807, 2.05) is 48.5 Å². The lowest BCUT2D eigenvalue weighted by Crippen LogP contribution is -2.14. The zero-order chi connectivity index (χ0) is 18.4. The summed E-state index contributed by atoms with van der Waals surface area (Å²) < 4.78 is 5.27. The number of halogens is 1. The van der Waals surface area contributed by atoms with Gasteiger partial charge in [-0.05, 0) is 41.5 Å². The van der Waals surface area contributed by atoms with Crippen molar-refractivity contribution >= 4 is 28.8 Å². The fraction of sp³-hybridized carbons (Fsp3) is 0.0455. The molecular formula is C22H18ClNO2. The van der Waals surface area contributed by atoms with Gasteiger partial charge in [-0.2, -0.15) is 0 Å². The average Bonchev–Trinajstić information content (AvgIpc) is 2.68. The third-order valence-electron chi connectivity index (χ3n) is 3.88.